The highest BCUT2D eigenvalue weighted by Crippen LogP contribution is 2.13. The van der Waals surface area contributed by atoms with Gasteiger partial charge in [0.25, 0.3) is 0 Å². The predicted molar refractivity (Wildman–Crippen MR) is 77.0 cm³/mol. The Morgan fingerprint density at radius 3 is 2.84 bits per heavy atom. The summed E-state index contributed by atoms with van der Waals surface area (Å²) < 4.78 is 0. The third kappa shape index (κ3) is 4.33. The summed E-state index contributed by atoms with van der Waals surface area (Å²) in [7, 11) is 0. The van der Waals surface area contributed by atoms with E-state index in [2.05, 4.69) is 40.7 Å². The molecule has 4 nitrogen and oxygen atoms in total. The number of nitrogens with one attached hydrogen (secondary N) is 2. The molecule has 0 aromatic heterocycles. The first-order valence-corrected chi connectivity index (χ1v) is 6.94. The number of rotatable bonds is 4. The number of aryl methyl sites for hydroxylation is 1. The topological polar surface area (TPSA) is 44.4 Å². The highest BCUT2D eigenvalue weighted by atomic mass is 16.2. The number of piperazine rings is 1. The van der Waals surface area contributed by atoms with E-state index in [1.54, 1.807) is 0 Å². The summed E-state index contributed by atoms with van der Waals surface area (Å²) in [5, 5.41) is 6.36. The molecule has 2 N–H and O–H groups in total. The van der Waals surface area contributed by atoms with Crippen molar-refractivity contribution in [1.82, 2.24) is 15.5 Å². The summed E-state index contributed by atoms with van der Waals surface area (Å²) >= 11 is 0. The Hall–Kier alpha value is -1.39. The van der Waals surface area contributed by atoms with Crippen molar-refractivity contribution in [1.29, 1.82) is 0 Å². The molecule has 0 spiro atoms. The lowest BCUT2D eigenvalue weighted by Crippen LogP contribution is -2.47. The van der Waals surface area contributed by atoms with Crippen LogP contribution in [0.4, 0.5) is 0 Å². The molecule has 1 atom stereocenters. The van der Waals surface area contributed by atoms with Crippen LogP contribution in [0.2, 0.25) is 0 Å². The summed E-state index contributed by atoms with van der Waals surface area (Å²) in [5.41, 5.74) is 2.38. The lowest BCUT2D eigenvalue weighted by molar-refractivity contribution is -0.123. The van der Waals surface area contributed by atoms with Crippen molar-refractivity contribution >= 4 is 5.91 Å². The first-order chi connectivity index (χ1) is 9.15. The third-order valence-corrected chi connectivity index (χ3v) is 3.50. The monoisotopic (exact) mass is 261 g/mol. The Kier molecular flexibility index (Phi) is 4.93. The molecule has 19 heavy (non-hydrogen) atoms. The van der Waals surface area contributed by atoms with Crippen molar-refractivity contribution in [2.45, 2.75) is 19.9 Å². The normalized spacial score (nSPS) is 18.0. The van der Waals surface area contributed by atoms with Gasteiger partial charge in [0, 0.05) is 26.2 Å². The second kappa shape index (κ2) is 6.68. The van der Waals surface area contributed by atoms with E-state index in [1.165, 1.54) is 5.56 Å². The molecule has 1 heterocycles. The van der Waals surface area contributed by atoms with Crippen molar-refractivity contribution in [2.24, 2.45) is 0 Å². The zero-order valence-corrected chi connectivity index (χ0v) is 11.8. The molecule has 0 aliphatic carbocycles. The molecule has 0 unspecified atom stereocenters. The van der Waals surface area contributed by atoms with Gasteiger partial charge in [-0.25, -0.2) is 0 Å². The Balaban J connectivity index is 1.84. The van der Waals surface area contributed by atoms with Gasteiger partial charge in [0.05, 0.1) is 12.6 Å². The van der Waals surface area contributed by atoms with E-state index in [4.69, 9.17) is 0 Å². The van der Waals surface area contributed by atoms with Crippen LogP contribution in [0, 0.1) is 6.92 Å². The van der Waals surface area contributed by atoms with Crippen LogP contribution in [-0.4, -0.2) is 43.5 Å². The molecule has 1 aliphatic heterocycles. The van der Waals surface area contributed by atoms with E-state index in [9.17, 15) is 4.79 Å². The number of hydrogen-bond acceptors (Lipinski definition) is 3. The molecular formula is C15H23N3O. The van der Waals surface area contributed by atoms with E-state index >= 15 is 0 Å². The summed E-state index contributed by atoms with van der Waals surface area (Å²) in [5.74, 6) is 0.107. The van der Waals surface area contributed by atoms with Crippen LogP contribution in [-0.2, 0) is 4.79 Å². The van der Waals surface area contributed by atoms with Gasteiger partial charge >= 0.3 is 0 Å². The van der Waals surface area contributed by atoms with Crippen LogP contribution in [0.1, 0.15) is 24.1 Å². The highest BCUT2D eigenvalue weighted by molar-refractivity contribution is 5.78. The molecule has 0 bridgehead atoms. The fourth-order valence-electron chi connectivity index (χ4n) is 2.38. The Morgan fingerprint density at radius 1 is 1.42 bits per heavy atom. The minimum Gasteiger partial charge on any atom is -0.348 e. The van der Waals surface area contributed by atoms with Crippen LogP contribution in [0.3, 0.4) is 0 Å². The maximum atomic E-state index is 12.0. The van der Waals surface area contributed by atoms with Crippen molar-refractivity contribution in [3.63, 3.8) is 0 Å². The summed E-state index contributed by atoms with van der Waals surface area (Å²) in [6.07, 6.45) is 0. The largest absolute Gasteiger partial charge is 0.348 e. The zero-order chi connectivity index (χ0) is 13.7. The minimum atomic E-state index is 0.0651. The number of carbonyl (C=O) groups is 1. The van der Waals surface area contributed by atoms with Gasteiger partial charge in [-0.05, 0) is 19.4 Å². The number of hydrogen-bond donors (Lipinski definition) is 2. The average molecular weight is 261 g/mol. The molecule has 1 aromatic rings. The lowest BCUT2D eigenvalue weighted by atomic mass is 10.1. The Labute approximate surface area is 115 Å². The third-order valence-electron chi connectivity index (χ3n) is 3.50. The number of nitrogens with zero attached hydrogens (tertiary/aromatic N) is 1. The number of amides is 1. The maximum absolute atomic E-state index is 12.0. The zero-order valence-electron chi connectivity index (χ0n) is 11.8. The van der Waals surface area contributed by atoms with E-state index in [-0.39, 0.29) is 11.9 Å². The molecule has 1 amide bonds. The van der Waals surface area contributed by atoms with Crippen molar-refractivity contribution in [3.8, 4) is 0 Å². The molecule has 0 radical (unpaired) electrons. The fraction of sp³-hybridized carbons (Fsp3) is 0.533. The van der Waals surface area contributed by atoms with Gasteiger partial charge < -0.3 is 10.6 Å². The highest BCUT2D eigenvalue weighted by Gasteiger charge is 2.15. The molecule has 2 rings (SSSR count). The van der Waals surface area contributed by atoms with Crippen LogP contribution < -0.4 is 10.6 Å². The molecule has 4 heteroatoms. The average Bonchev–Trinajstić information content (AvgIpc) is 2.39. The van der Waals surface area contributed by atoms with Crippen LogP contribution in [0.25, 0.3) is 0 Å². The lowest BCUT2D eigenvalue weighted by Gasteiger charge is -2.27. The van der Waals surface area contributed by atoms with Gasteiger partial charge in [-0.1, -0.05) is 29.8 Å². The van der Waals surface area contributed by atoms with Gasteiger partial charge in [0.1, 0.15) is 0 Å². The predicted octanol–water partition coefficient (Wildman–Crippen LogP) is 1.08. The van der Waals surface area contributed by atoms with Crippen molar-refractivity contribution in [2.75, 3.05) is 32.7 Å². The number of benzene rings is 1. The number of carbonyl (C=O) groups excluding carboxylic acids is 1. The summed E-state index contributed by atoms with van der Waals surface area (Å²) in [6, 6.07) is 8.34. The van der Waals surface area contributed by atoms with Gasteiger partial charge in [0.15, 0.2) is 0 Å². The van der Waals surface area contributed by atoms with Gasteiger partial charge in [0.2, 0.25) is 5.91 Å². The van der Waals surface area contributed by atoms with E-state index < -0.39 is 0 Å². The Morgan fingerprint density at radius 2 is 2.16 bits per heavy atom. The standard InChI is InChI=1S/C15H23N3O/c1-12-4-3-5-14(10-12)13(2)17-15(19)11-18-8-6-16-7-9-18/h3-5,10,13,16H,6-9,11H2,1-2H3,(H,17,19)/t13-/m0/s1. The molecule has 1 saturated heterocycles. The molecule has 104 valence electrons. The molecule has 1 aromatic carbocycles. The first kappa shape index (κ1) is 14.0. The van der Waals surface area contributed by atoms with Gasteiger partial charge in [-0.15, -0.1) is 0 Å². The minimum absolute atomic E-state index is 0.0651. The summed E-state index contributed by atoms with van der Waals surface area (Å²) in [6.45, 7) is 8.45. The van der Waals surface area contributed by atoms with E-state index in [0.717, 1.165) is 31.7 Å². The molecule has 1 fully saturated rings. The SMILES string of the molecule is Cc1cccc([C@H](C)NC(=O)CN2CCNCC2)c1. The van der Waals surface area contributed by atoms with Crippen molar-refractivity contribution < 1.29 is 4.79 Å². The smallest absolute Gasteiger partial charge is 0.234 e. The van der Waals surface area contributed by atoms with Crippen LogP contribution in [0.15, 0.2) is 24.3 Å². The quantitative estimate of drug-likeness (QED) is 0.852. The van der Waals surface area contributed by atoms with E-state index in [1.807, 2.05) is 13.0 Å². The van der Waals surface area contributed by atoms with Gasteiger partial charge in [-0.3, -0.25) is 9.69 Å². The Bertz CT molecular complexity index is 427. The van der Waals surface area contributed by atoms with Gasteiger partial charge in [-0.2, -0.15) is 0 Å². The molecule has 0 saturated carbocycles. The van der Waals surface area contributed by atoms with Crippen molar-refractivity contribution in [3.05, 3.63) is 35.4 Å². The molecule has 1 aliphatic rings. The van der Waals surface area contributed by atoms with Crippen LogP contribution in [0.5, 0.6) is 0 Å². The van der Waals surface area contributed by atoms with E-state index in [0.29, 0.717) is 6.54 Å². The second-order valence-corrected chi connectivity index (χ2v) is 5.23. The maximum Gasteiger partial charge on any atom is 0.234 e. The van der Waals surface area contributed by atoms with Crippen LogP contribution >= 0.6 is 0 Å². The first-order valence-electron chi connectivity index (χ1n) is 6.94. The molecular weight excluding hydrogens is 238 g/mol. The fourth-order valence-corrected chi connectivity index (χ4v) is 2.38. The second-order valence-electron chi connectivity index (χ2n) is 5.23. The summed E-state index contributed by atoms with van der Waals surface area (Å²) in [4.78, 5) is 14.2.